The third kappa shape index (κ3) is 3.55. The van der Waals surface area contributed by atoms with Crippen molar-refractivity contribution in [2.75, 3.05) is 0 Å². The Kier molecular flexibility index (Phi) is 4.56. The van der Waals surface area contributed by atoms with Crippen molar-refractivity contribution in [2.45, 2.75) is 13.5 Å². The topological polar surface area (TPSA) is 42.0 Å². The Bertz CT molecular complexity index is 616. The van der Waals surface area contributed by atoms with E-state index in [2.05, 4.69) is 26.2 Å². The number of aromatic nitrogens is 1. The molecule has 0 bridgehead atoms. The highest BCUT2D eigenvalue weighted by Crippen LogP contribution is 2.25. The van der Waals surface area contributed by atoms with Gasteiger partial charge in [-0.2, -0.15) is 0 Å². The van der Waals surface area contributed by atoms with Gasteiger partial charge in [0.1, 0.15) is 0 Å². The second kappa shape index (κ2) is 6.17. The van der Waals surface area contributed by atoms with E-state index in [0.717, 1.165) is 11.4 Å². The van der Waals surface area contributed by atoms with E-state index >= 15 is 0 Å². The summed E-state index contributed by atoms with van der Waals surface area (Å²) in [5.41, 5.74) is 2.19. The zero-order chi connectivity index (χ0) is 13.8. The second-order valence-corrected chi connectivity index (χ2v) is 5.29. The van der Waals surface area contributed by atoms with Crippen LogP contribution in [0.15, 0.2) is 40.9 Å². The van der Waals surface area contributed by atoms with Gasteiger partial charge in [-0.15, -0.1) is 0 Å². The van der Waals surface area contributed by atoms with E-state index < -0.39 is 0 Å². The van der Waals surface area contributed by atoms with Crippen LogP contribution >= 0.6 is 27.5 Å². The number of hydrogen-bond acceptors (Lipinski definition) is 2. The van der Waals surface area contributed by atoms with Gasteiger partial charge >= 0.3 is 0 Å². The smallest absolute Gasteiger partial charge is 0.253 e. The van der Waals surface area contributed by atoms with Crippen LogP contribution in [0.3, 0.4) is 0 Å². The summed E-state index contributed by atoms with van der Waals surface area (Å²) in [4.78, 5) is 16.4. The molecule has 2 aromatic rings. The Morgan fingerprint density at radius 2 is 2.05 bits per heavy atom. The Morgan fingerprint density at radius 1 is 1.32 bits per heavy atom. The summed E-state index contributed by atoms with van der Waals surface area (Å²) in [6, 6.07) is 10.9. The molecule has 2 rings (SSSR count). The van der Waals surface area contributed by atoms with Crippen molar-refractivity contribution < 1.29 is 4.79 Å². The lowest BCUT2D eigenvalue weighted by Gasteiger charge is -2.07. The normalized spacial score (nSPS) is 10.3. The van der Waals surface area contributed by atoms with Crippen LogP contribution in [0.5, 0.6) is 0 Å². The van der Waals surface area contributed by atoms with Crippen molar-refractivity contribution in [1.29, 1.82) is 0 Å². The molecule has 1 aromatic heterocycles. The number of aryl methyl sites for hydroxylation is 1. The van der Waals surface area contributed by atoms with Gasteiger partial charge in [0.05, 0.1) is 22.8 Å². The first-order chi connectivity index (χ1) is 9.08. The number of benzene rings is 1. The molecule has 1 aromatic carbocycles. The average molecular weight is 340 g/mol. The van der Waals surface area contributed by atoms with Crippen LogP contribution in [-0.2, 0) is 6.54 Å². The molecule has 0 saturated heterocycles. The third-order valence-electron chi connectivity index (χ3n) is 2.57. The summed E-state index contributed by atoms with van der Waals surface area (Å²) < 4.78 is 0.704. The van der Waals surface area contributed by atoms with Crippen LogP contribution in [0.2, 0.25) is 5.02 Å². The molecule has 1 amide bonds. The largest absolute Gasteiger partial charge is 0.346 e. The molecule has 0 radical (unpaired) electrons. The first kappa shape index (κ1) is 14.0. The molecule has 0 fully saturated rings. The number of hydrogen-bond donors (Lipinski definition) is 1. The van der Waals surface area contributed by atoms with Crippen LogP contribution in [0, 0.1) is 6.92 Å². The molecule has 5 heteroatoms. The predicted molar refractivity (Wildman–Crippen MR) is 79.3 cm³/mol. The summed E-state index contributed by atoms with van der Waals surface area (Å²) in [6.07, 6.45) is 0. The predicted octanol–water partition coefficient (Wildman–Crippen LogP) is 3.74. The lowest BCUT2D eigenvalue weighted by molar-refractivity contribution is 0.0950. The minimum Gasteiger partial charge on any atom is -0.346 e. The number of pyridine rings is 1. The van der Waals surface area contributed by atoms with Crippen molar-refractivity contribution >= 4 is 33.4 Å². The highest BCUT2D eigenvalue weighted by atomic mass is 79.9. The van der Waals surface area contributed by atoms with Gasteiger partial charge in [0, 0.05) is 10.2 Å². The summed E-state index contributed by atoms with van der Waals surface area (Å²) in [7, 11) is 0. The maximum atomic E-state index is 12.0. The molecule has 19 heavy (non-hydrogen) atoms. The molecule has 0 aliphatic rings. The highest BCUT2D eigenvalue weighted by Gasteiger charge is 2.12. The van der Waals surface area contributed by atoms with Gasteiger partial charge in [0.15, 0.2) is 0 Å². The molecular formula is C14H12BrClN2O. The van der Waals surface area contributed by atoms with E-state index in [1.165, 1.54) is 0 Å². The maximum absolute atomic E-state index is 12.0. The summed E-state index contributed by atoms with van der Waals surface area (Å²) in [5.74, 6) is -0.213. The molecule has 98 valence electrons. The van der Waals surface area contributed by atoms with Gasteiger partial charge < -0.3 is 5.32 Å². The van der Waals surface area contributed by atoms with E-state index in [1.54, 1.807) is 18.2 Å². The number of rotatable bonds is 3. The van der Waals surface area contributed by atoms with E-state index in [-0.39, 0.29) is 5.91 Å². The lowest BCUT2D eigenvalue weighted by Crippen LogP contribution is -2.23. The molecule has 0 saturated carbocycles. The van der Waals surface area contributed by atoms with Crippen molar-refractivity contribution in [3.8, 4) is 0 Å². The van der Waals surface area contributed by atoms with Crippen molar-refractivity contribution in [2.24, 2.45) is 0 Å². The Morgan fingerprint density at radius 3 is 2.79 bits per heavy atom. The molecule has 1 N–H and O–H groups in total. The van der Waals surface area contributed by atoms with Crippen LogP contribution in [0.4, 0.5) is 0 Å². The first-order valence-corrected chi connectivity index (χ1v) is 6.90. The maximum Gasteiger partial charge on any atom is 0.253 e. The molecule has 0 aliphatic heterocycles. The fourth-order valence-electron chi connectivity index (χ4n) is 1.64. The van der Waals surface area contributed by atoms with Gasteiger partial charge in [-0.3, -0.25) is 9.78 Å². The molecule has 1 heterocycles. The van der Waals surface area contributed by atoms with Crippen molar-refractivity contribution in [1.82, 2.24) is 10.3 Å². The van der Waals surface area contributed by atoms with Crippen LogP contribution in [-0.4, -0.2) is 10.9 Å². The number of carbonyl (C=O) groups excluding carboxylic acids is 1. The fourth-order valence-corrected chi connectivity index (χ4v) is 2.22. The molecular weight excluding hydrogens is 328 g/mol. The minimum atomic E-state index is -0.213. The molecule has 0 aliphatic carbocycles. The second-order valence-electron chi connectivity index (χ2n) is 4.05. The lowest BCUT2D eigenvalue weighted by atomic mass is 10.2. The Labute approximate surface area is 125 Å². The zero-order valence-corrected chi connectivity index (χ0v) is 12.6. The standard InChI is InChI=1S/C14H12BrClN2O/c1-9-4-2-5-10(18-9)8-17-14(19)11-6-3-7-12(15)13(11)16/h2-7H,8H2,1H3,(H,17,19). The summed E-state index contributed by atoms with van der Waals surface area (Å²) in [6.45, 7) is 2.29. The van der Waals surface area contributed by atoms with E-state index in [0.29, 0.717) is 21.6 Å². The third-order valence-corrected chi connectivity index (χ3v) is 3.87. The molecule has 3 nitrogen and oxygen atoms in total. The van der Waals surface area contributed by atoms with E-state index in [4.69, 9.17) is 11.6 Å². The first-order valence-electron chi connectivity index (χ1n) is 5.72. The van der Waals surface area contributed by atoms with E-state index in [9.17, 15) is 4.79 Å². The SMILES string of the molecule is Cc1cccc(CNC(=O)c2cccc(Br)c2Cl)n1. The minimum absolute atomic E-state index is 0.213. The number of nitrogens with one attached hydrogen (secondary N) is 1. The summed E-state index contributed by atoms with van der Waals surface area (Å²) >= 11 is 9.37. The fraction of sp³-hybridized carbons (Fsp3) is 0.143. The number of carbonyl (C=O) groups is 1. The zero-order valence-electron chi connectivity index (χ0n) is 10.3. The van der Waals surface area contributed by atoms with Crippen molar-refractivity contribution in [3.05, 3.63) is 62.8 Å². The van der Waals surface area contributed by atoms with Gasteiger partial charge in [-0.05, 0) is 47.1 Å². The highest BCUT2D eigenvalue weighted by molar-refractivity contribution is 9.10. The Balaban J connectivity index is 2.08. The number of amides is 1. The van der Waals surface area contributed by atoms with Gasteiger partial charge in [-0.25, -0.2) is 0 Å². The van der Waals surface area contributed by atoms with E-state index in [1.807, 2.05) is 25.1 Å². The van der Waals surface area contributed by atoms with Crippen LogP contribution in [0.1, 0.15) is 21.7 Å². The summed E-state index contributed by atoms with van der Waals surface area (Å²) in [5, 5.41) is 3.22. The Hall–Kier alpha value is -1.39. The monoisotopic (exact) mass is 338 g/mol. The van der Waals surface area contributed by atoms with Gasteiger partial charge in [0.25, 0.3) is 5.91 Å². The van der Waals surface area contributed by atoms with Crippen molar-refractivity contribution in [3.63, 3.8) is 0 Å². The van der Waals surface area contributed by atoms with Gasteiger partial charge in [0.2, 0.25) is 0 Å². The molecule has 0 atom stereocenters. The van der Waals surface area contributed by atoms with Crippen LogP contribution < -0.4 is 5.32 Å². The van der Waals surface area contributed by atoms with Crippen LogP contribution in [0.25, 0.3) is 0 Å². The quantitative estimate of drug-likeness (QED) is 0.925. The van der Waals surface area contributed by atoms with Gasteiger partial charge in [-0.1, -0.05) is 23.7 Å². The molecule has 0 unspecified atom stereocenters. The average Bonchev–Trinajstić information content (AvgIpc) is 2.39. The number of nitrogens with zero attached hydrogens (tertiary/aromatic N) is 1. The number of halogens is 2. The molecule has 0 spiro atoms.